The fourth-order valence-corrected chi connectivity index (χ4v) is 4.14. The third kappa shape index (κ3) is 3.94. The maximum atomic E-state index is 12.0. The molecule has 23 heavy (non-hydrogen) atoms. The van der Waals surface area contributed by atoms with Crippen molar-refractivity contribution in [2.24, 2.45) is 0 Å². The van der Waals surface area contributed by atoms with Crippen molar-refractivity contribution in [2.75, 3.05) is 13.2 Å². The number of ether oxygens (including phenoxy) is 1. The average molecular weight is 455 g/mol. The first-order valence-corrected chi connectivity index (χ1v) is 9.39. The summed E-state index contributed by atoms with van der Waals surface area (Å²) in [5.41, 5.74) is 0. The fraction of sp³-hybridized carbons (Fsp3) is 0.118. The number of rotatable bonds is 5. The number of hydrogen-bond acceptors (Lipinski definition) is 3. The molecular formula is C17H13Br2NO2S. The third-order valence-corrected chi connectivity index (χ3v) is 6.52. The standard InChI is InChI=1S/C17H13Br2NO2S/c18-13-10-15(23-16(13)19)17(21)20-8-9-22-14-7-3-5-11-4-1-2-6-12(11)14/h1-7,10H,8-9H2,(H,20,21). The second kappa shape index (κ2) is 7.47. The van der Waals surface area contributed by atoms with Crippen LogP contribution in [0.1, 0.15) is 9.67 Å². The van der Waals surface area contributed by atoms with E-state index in [2.05, 4.69) is 49.3 Å². The molecule has 0 saturated carbocycles. The minimum Gasteiger partial charge on any atom is -0.491 e. The van der Waals surface area contributed by atoms with Crippen LogP contribution in [0.15, 0.2) is 56.8 Å². The van der Waals surface area contributed by atoms with Crippen LogP contribution in [0.2, 0.25) is 0 Å². The highest BCUT2D eigenvalue weighted by Gasteiger charge is 2.11. The summed E-state index contributed by atoms with van der Waals surface area (Å²) in [5, 5.41) is 5.08. The van der Waals surface area contributed by atoms with Crippen molar-refractivity contribution >= 4 is 59.9 Å². The minimum absolute atomic E-state index is 0.0945. The number of fused-ring (bicyclic) bond motifs is 1. The summed E-state index contributed by atoms with van der Waals surface area (Å²) in [5.74, 6) is 0.738. The topological polar surface area (TPSA) is 38.3 Å². The van der Waals surface area contributed by atoms with Gasteiger partial charge in [-0.15, -0.1) is 11.3 Å². The van der Waals surface area contributed by atoms with Crippen LogP contribution in [0.4, 0.5) is 0 Å². The van der Waals surface area contributed by atoms with E-state index in [1.807, 2.05) is 30.3 Å². The summed E-state index contributed by atoms with van der Waals surface area (Å²) in [6.07, 6.45) is 0. The molecule has 0 fully saturated rings. The maximum absolute atomic E-state index is 12.0. The number of carbonyl (C=O) groups is 1. The first-order valence-electron chi connectivity index (χ1n) is 6.99. The molecule has 0 radical (unpaired) electrons. The van der Waals surface area contributed by atoms with Crippen molar-refractivity contribution in [1.29, 1.82) is 0 Å². The molecule has 1 amide bonds. The lowest BCUT2D eigenvalue weighted by atomic mass is 10.1. The monoisotopic (exact) mass is 453 g/mol. The lowest BCUT2D eigenvalue weighted by Gasteiger charge is -2.09. The molecule has 0 aliphatic carbocycles. The predicted molar refractivity (Wildman–Crippen MR) is 101 cm³/mol. The fourth-order valence-electron chi connectivity index (χ4n) is 2.19. The van der Waals surface area contributed by atoms with Gasteiger partial charge in [0.15, 0.2) is 0 Å². The van der Waals surface area contributed by atoms with Crippen LogP contribution in [0.3, 0.4) is 0 Å². The van der Waals surface area contributed by atoms with E-state index in [1.165, 1.54) is 11.3 Å². The van der Waals surface area contributed by atoms with Crippen molar-refractivity contribution in [1.82, 2.24) is 5.32 Å². The Kier molecular flexibility index (Phi) is 5.35. The summed E-state index contributed by atoms with van der Waals surface area (Å²) < 4.78 is 7.60. The lowest BCUT2D eigenvalue weighted by molar-refractivity contribution is 0.0951. The summed E-state index contributed by atoms with van der Waals surface area (Å²) >= 11 is 8.16. The molecule has 3 aromatic rings. The molecule has 1 N–H and O–H groups in total. The van der Waals surface area contributed by atoms with Crippen LogP contribution in [-0.2, 0) is 0 Å². The van der Waals surface area contributed by atoms with E-state index in [0.29, 0.717) is 18.0 Å². The van der Waals surface area contributed by atoms with E-state index in [1.54, 1.807) is 6.07 Å². The summed E-state index contributed by atoms with van der Waals surface area (Å²) in [6, 6.07) is 15.8. The molecule has 0 spiro atoms. The Morgan fingerprint density at radius 2 is 1.91 bits per heavy atom. The second-order valence-electron chi connectivity index (χ2n) is 4.81. The zero-order valence-electron chi connectivity index (χ0n) is 12.0. The number of amides is 1. The van der Waals surface area contributed by atoms with Gasteiger partial charge >= 0.3 is 0 Å². The molecule has 0 saturated heterocycles. The molecule has 6 heteroatoms. The Hall–Kier alpha value is -1.37. The van der Waals surface area contributed by atoms with Gasteiger partial charge in [0.2, 0.25) is 0 Å². The molecule has 118 valence electrons. The molecule has 0 aliphatic rings. The quantitative estimate of drug-likeness (QED) is 0.535. The van der Waals surface area contributed by atoms with Gasteiger partial charge in [-0.25, -0.2) is 0 Å². The van der Waals surface area contributed by atoms with E-state index >= 15 is 0 Å². The van der Waals surface area contributed by atoms with Gasteiger partial charge in [-0.1, -0.05) is 36.4 Å². The van der Waals surface area contributed by atoms with Gasteiger partial charge in [0.1, 0.15) is 12.4 Å². The molecule has 3 rings (SSSR count). The summed E-state index contributed by atoms with van der Waals surface area (Å²) in [7, 11) is 0. The van der Waals surface area contributed by atoms with Crippen LogP contribution in [0.25, 0.3) is 10.8 Å². The van der Waals surface area contributed by atoms with Crippen LogP contribution >= 0.6 is 43.2 Å². The molecule has 1 heterocycles. The zero-order chi connectivity index (χ0) is 16.2. The Morgan fingerprint density at radius 1 is 1.13 bits per heavy atom. The second-order valence-corrected chi connectivity index (χ2v) is 8.04. The van der Waals surface area contributed by atoms with Crippen molar-refractivity contribution in [3.8, 4) is 5.75 Å². The van der Waals surface area contributed by atoms with Gasteiger partial charge in [0.25, 0.3) is 5.91 Å². The van der Waals surface area contributed by atoms with Gasteiger partial charge in [0, 0.05) is 9.86 Å². The highest BCUT2D eigenvalue weighted by Crippen LogP contribution is 2.32. The number of carbonyl (C=O) groups excluding carboxylic acids is 1. The van der Waals surface area contributed by atoms with Crippen LogP contribution in [-0.4, -0.2) is 19.1 Å². The number of hydrogen-bond donors (Lipinski definition) is 1. The Labute approximate surface area is 154 Å². The molecule has 0 bridgehead atoms. The van der Waals surface area contributed by atoms with Crippen molar-refractivity contribution in [2.45, 2.75) is 0 Å². The van der Waals surface area contributed by atoms with Crippen LogP contribution in [0.5, 0.6) is 5.75 Å². The van der Waals surface area contributed by atoms with Gasteiger partial charge < -0.3 is 10.1 Å². The van der Waals surface area contributed by atoms with E-state index < -0.39 is 0 Å². The zero-order valence-corrected chi connectivity index (χ0v) is 16.0. The Balaban J connectivity index is 1.56. The molecule has 1 aromatic heterocycles. The van der Waals surface area contributed by atoms with E-state index in [0.717, 1.165) is 24.8 Å². The molecule has 2 aromatic carbocycles. The minimum atomic E-state index is -0.0945. The third-order valence-electron chi connectivity index (χ3n) is 3.26. The number of benzene rings is 2. The molecule has 0 unspecified atom stereocenters. The van der Waals surface area contributed by atoms with Gasteiger partial charge in [-0.2, -0.15) is 0 Å². The molecule has 0 atom stereocenters. The highest BCUT2D eigenvalue weighted by atomic mass is 79.9. The predicted octanol–water partition coefficient (Wildman–Crippen LogP) is 5.24. The van der Waals surface area contributed by atoms with Gasteiger partial charge in [0.05, 0.1) is 15.2 Å². The largest absolute Gasteiger partial charge is 0.491 e. The van der Waals surface area contributed by atoms with Crippen LogP contribution < -0.4 is 10.1 Å². The number of nitrogens with one attached hydrogen (secondary N) is 1. The van der Waals surface area contributed by atoms with E-state index in [-0.39, 0.29) is 5.91 Å². The highest BCUT2D eigenvalue weighted by molar-refractivity contribution is 9.13. The molecular weight excluding hydrogens is 442 g/mol. The Morgan fingerprint density at radius 3 is 2.70 bits per heavy atom. The van der Waals surface area contributed by atoms with Crippen molar-refractivity contribution in [3.63, 3.8) is 0 Å². The molecule has 3 nitrogen and oxygen atoms in total. The smallest absolute Gasteiger partial charge is 0.261 e. The normalized spacial score (nSPS) is 10.7. The first-order chi connectivity index (χ1) is 11.1. The first kappa shape index (κ1) is 16.5. The van der Waals surface area contributed by atoms with E-state index in [9.17, 15) is 4.79 Å². The number of thiophene rings is 1. The molecule has 0 aliphatic heterocycles. The van der Waals surface area contributed by atoms with Gasteiger partial charge in [-0.05, 0) is 49.4 Å². The van der Waals surface area contributed by atoms with Crippen molar-refractivity contribution in [3.05, 3.63) is 61.7 Å². The summed E-state index contributed by atoms with van der Waals surface area (Å²) in [6.45, 7) is 0.878. The lowest BCUT2D eigenvalue weighted by Crippen LogP contribution is -2.27. The average Bonchev–Trinajstić information content (AvgIpc) is 2.91. The summed E-state index contributed by atoms with van der Waals surface area (Å²) in [4.78, 5) is 12.7. The SMILES string of the molecule is O=C(NCCOc1cccc2ccccc12)c1cc(Br)c(Br)s1. The van der Waals surface area contributed by atoms with Crippen molar-refractivity contribution < 1.29 is 9.53 Å². The Bertz CT molecular complexity index is 823. The van der Waals surface area contributed by atoms with E-state index in [4.69, 9.17) is 4.74 Å². The maximum Gasteiger partial charge on any atom is 0.261 e. The van der Waals surface area contributed by atoms with Crippen LogP contribution in [0, 0.1) is 0 Å². The number of halogens is 2. The van der Waals surface area contributed by atoms with Gasteiger partial charge in [-0.3, -0.25) is 4.79 Å².